The monoisotopic (exact) mass is 173 g/mol. The van der Waals surface area contributed by atoms with E-state index in [-0.39, 0.29) is 0 Å². The zero-order chi connectivity index (χ0) is 9.10. The van der Waals surface area contributed by atoms with Gasteiger partial charge in [-0.2, -0.15) is 0 Å². The predicted octanol–water partition coefficient (Wildman–Crippen LogP) is 2.45. The average Bonchev–Trinajstić information content (AvgIpc) is 2.12. The van der Waals surface area contributed by atoms with Gasteiger partial charge in [0.2, 0.25) is 0 Å². The van der Waals surface area contributed by atoms with Crippen molar-refractivity contribution >= 4 is 0 Å². The molecule has 0 spiro atoms. The molecule has 0 aromatic heterocycles. The number of rotatable bonds is 2. The average molecular weight is 173 g/mol. The first-order valence-corrected chi connectivity index (χ1v) is 4.79. The summed E-state index contributed by atoms with van der Waals surface area (Å²) in [6, 6.07) is 10.6. The molecule has 1 heteroatoms. The molecule has 1 heterocycles. The van der Waals surface area contributed by atoms with E-state index in [1.807, 2.05) is 0 Å². The maximum Gasteiger partial charge on any atom is 0.0240 e. The molecule has 0 aliphatic carbocycles. The van der Waals surface area contributed by atoms with Crippen molar-refractivity contribution in [1.82, 2.24) is 4.90 Å². The first-order chi connectivity index (χ1) is 6.38. The van der Waals surface area contributed by atoms with Gasteiger partial charge in [-0.05, 0) is 18.1 Å². The second-order valence-electron chi connectivity index (χ2n) is 3.58. The van der Waals surface area contributed by atoms with Crippen LogP contribution in [0.3, 0.4) is 0 Å². The number of hydrogen-bond acceptors (Lipinski definition) is 1. The Labute approximate surface area is 79.7 Å². The highest BCUT2D eigenvalue weighted by atomic mass is 15.2. The Hall–Kier alpha value is -1.08. The van der Waals surface area contributed by atoms with Crippen LogP contribution in [0, 0.1) is 0 Å². The number of hydrogen-bond donors (Lipinski definition) is 0. The number of benzene rings is 1. The summed E-state index contributed by atoms with van der Waals surface area (Å²) in [6.07, 6.45) is 2.22. The highest BCUT2D eigenvalue weighted by Gasteiger charge is 2.18. The van der Waals surface area contributed by atoms with Gasteiger partial charge in [-0.15, -0.1) is 0 Å². The minimum atomic E-state index is 1.10. The summed E-state index contributed by atoms with van der Waals surface area (Å²) in [5.41, 5.74) is 2.98. The molecular formula is C12H15N. The second-order valence-corrected chi connectivity index (χ2v) is 3.58. The second kappa shape index (κ2) is 3.75. The van der Waals surface area contributed by atoms with Gasteiger partial charge in [0.25, 0.3) is 0 Å². The fraction of sp³-hybridized carbons (Fsp3) is 0.333. The molecule has 0 atom stereocenters. The van der Waals surface area contributed by atoms with Crippen LogP contribution in [0.5, 0.6) is 0 Å². The minimum absolute atomic E-state index is 1.10. The highest BCUT2D eigenvalue weighted by molar-refractivity contribution is 5.19. The van der Waals surface area contributed by atoms with Gasteiger partial charge < -0.3 is 0 Å². The topological polar surface area (TPSA) is 3.24 Å². The summed E-state index contributed by atoms with van der Waals surface area (Å²) in [7, 11) is 0. The molecule has 0 radical (unpaired) electrons. The lowest BCUT2D eigenvalue weighted by Crippen LogP contribution is -2.39. The zero-order valence-electron chi connectivity index (χ0n) is 8.03. The predicted molar refractivity (Wildman–Crippen MR) is 55.5 cm³/mol. The molecule has 1 aliphatic rings. The molecule has 0 N–H and O–H groups in total. The van der Waals surface area contributed by atoms with E-state index in [1.165, 1.54) is 5.56 Å². The van der Waals surface area contributed by atoms with Crippen LogP contribution in [-0.2, 0) is 6.54 Å². The lowest BCUT2D eigenvalue weighted by Gasteiger charge is -2.33. The normalized spacial score (nSPS) is 16.8. The largest absolute Gasteiger partial charge is 0.291 e. The lowest BCUT2D eigenvalue weighted by atomic mass is 10.1. The van der Waals surface area contributed by atoms with Crippen molar-refractivity contribution in [3.63, 3.8) is 0 Å². The third-order valence-corrected chi connectivity index (χ3v) is 2.51. The molecule has 1 nitrogen and oxygen atoms in total. The molecule has 13 heavy (non-hydrogen) atoms. The molecule has 0 amide bonds. The van der Waals surface area contributed by atoms with Gasteiger partial charge in [-0.25, -0.2) is 0 Å². The zero-order valence-corrected chi connectivity index (χ0v) is 8.03. The van der Waals surface area contributed by atoms with Gasteiger partial charge in [0.1, 0.15) is 0 Å². The molecule has 1 saturated heterocycles. The van der Waals surface area contributed by atoms with E-state index in [0.29, 0.717) is 0 Å². The molecule has 1 aromatic rings. The Morgan fingerprint density at radius 2 is 1.92 bits per heavy atom. The SMILES string of the molecule is CC=C1CN(Cc2ccccc2)C1. The first kappa shape index (κ1) is 8.52. The summed E-state index contributed by atoms with van der Waals surface area (Å²) >= 11 is 0. The van der Waals surface area contributed by atoms with Crippen molar-refractivity contribution in [2.24, 2.45) is 0 Å². The summed E-state index contributed by atoms with van der Waals surface area (Å²) in [6.45, 7) is 5.53. The minimum Gasteiger partial charge on any atom is -0.291 e. The standard InChI is InChI=1S/C12H15N/c1-2-11-8-13(9-11)10-12-6-4-3-5-7-12/h2-7H,8-10H2,1H3. The smallest absolute Gasteiger partial charge is 0.0240 e. The van der Waals surface area contributed by atoms with Crippen molar-refractivity contribution in [1.29, 1.82) is 0 Å². The van der Waals surface area contributed by atoms with Crippen LogP contribution in [0.4, 0.5) is 0 Å². The Bertz CT molecular complexity index is 292. The van der Waals surface area contributed by atoms with E-state index in [0.717, 1.165) is 19.6 Å². The van der Waals surface area contributed by atoms with Gasteiger partial charge in [-0.3, -0.25) is 4.90 Å². The van der Waals surface area contributed by atoms with Crippen molar-refractivity contribution < 1.29 is 0 Å². The fourth-order valence-electron chi connectivity index (χ4n) is 1.66. The summed E-state index contributed by atoms with van der Waals surface area (Å²) in [5.74, 6) is 0. The van der Waals surface area contributed by atoms with E-state index in [2.05, 4.69) is 48.2 Å². The molecule has 0 saturated carbocycles. The van der Waals surface area contributed by atoms with E-state index in [1.54, 1.807) is 5.57 Å². The van der Waals surface area contributed by atoms with Crippen molar-refractivity contribution in [2.45, 2.75) is 13.5 Å². The van der Waals surface area contributed by atoms with Gasteiger partial charge in [0.15, 0.2) is 0 Å². The van der Waals surface area contributed by atoms with Crippen LogP contribution in [0.15, 0.2) is 42.0 Å². The van der Waals surface area contributed by atoms with E-state index in [9.17, 15) is 0 Å². The van der Waals surface area contributed by atoms with Gasteiger partial charge >= 0.3 is 0 Å². The van der Waals surface area contributed by atoms with Crippen molar-refractivity contribution in [3.8, 4) is 0 Å². The number of allylic oxidation sites excluding steroid dienone is 1. The Kier molecular flexibility index (Phi) is 2.46. The van der Waals surface area contributed by atoms with Crippen LogP contribution in [0.25, 0.3) is 0 Å². The fourth-order valence-corrected chi connectivity index (χ4v) is 1.66. The maximum absolute atomic E-state index is 2.45. The third-order valence-electron chi connectivity index (χ3n) is 2.51. The van der Waals surface area contributed by atoms with Crippen molar-refractivity contribution in [3.05, 3.63) is 47.5 Å². The van der Waals surface area contributed by atoms with E-state index >= 15 is 0 Å². The highest BCUT2D eigenvalue weighted by Crippen LogP contribution is 2.16. The molecule has 1 aromatic carbocycles. The van der Waals surface area contributed by atoms with Gasteiger partial charge in [0.05, 0.1) is 0 Å². The third kappa shape index (κ3) is 1.99. The van der Waals surface area contributed by atoms with Gasteiger partial charge in [-0.1, -0.05) is 36.4 Å². The first-order valence-electron chi connectivity index (χ1n) is 4.79. The summed E-state index contributed by atoms with van der Waals surface area (Å²) < 4.78 is 0. The van der Waals surface area contributed by atoms with Crippen LogP contribution >= 0.6 is 0 Å². The Morgan fingerprint density at radius 3 is 2.54 bits per heavy atom. The number of nitrogens with zero attached hydrogens (tertiary/aromatic N) is 1. The van der Waals surface area contributed by atoms with Crippen molar-refractivity contribution in [2.75, 3.05) is 13.1 Å². The summed E-state index contributed by atoms with van der Waals surface area (Å²) in [5, 5.41) is 0. The molecule has 1 aliphatic heterocycles. The van der Waals surface area contributed by atoms with Crippen LogP contribution in [0.2, 0.25) is 0 Å². The number of likely N-dealkylation sites (tertiary alicyclic amines) is 1. The molecule has 2 rings (SSSR count). The van der Waals surface area contributed by atoms with Crippen LogP contribution in [-0.4, -0.2) is 18.0 Å². The quantitative estimate of drug-likeness (QED) is 0.621. The maximum atomic E-state index is 2.45. The Balaban J connectivity index is 1.88. The van der Waals surface area contributed by atoms with E-state index < -0.39 is 0 Å². The summed E-state index contributed by atoms with van der Waals surface area (Å²) in [4.78, 5) is 2.45. The molecule has 68 valence electrons. The molecule has 1 fully saturated rings. The van der Waals surface area contributed by atoms with Crippen LogP contribution < -0.4 is 0 Å². The molecular weight excluding hydrogens is 158 g/mol. The molecule has 0 bridgehead atoms. The molecule has 0 unspecified atom stereocenters. The van der Waals surface area contributed by atoms with E-state index in [4.69, 9.17) is 0 Å². The van der Waals surface area contributed by atoms with Crippen LogP contribution in [0.1, 0.15) is 12.5 Å². The lowest BCUT2D eigenvalue weighted by molar-refractivity contribution is 0.241. The Morgan fingerprint density at radius 1 is 1.23 bits per heavy atom. The van der Waals surface area contributed by atoms with Gasteiger partial charge in [0, 0.05) is 19.6 Å².